The number of phenols is 1. The Kier molecular flexibility index (Phi) is 2.90. The largest absolute Gasteiger partial charge is 0.508 e. The molecule has 1 fully saturated rings. The number of aryl methyl sites for hydroxylation is 1. The molecule has 1 aliphatic rings. The highest BCUT2D eigenvalue weighted by Crippen LogP contribution is 2.49. The zero-order valence-corrected chi connectivity index (χ0v) is 9.99. The Morgan fingerprint density at radius 1 is 1.47 bits per heavy atom. The second-order valence-corrected chi connectivity index (χ2v) is 4.43. The van der Waals surface area contributed by atoms with Gasteiger partial charge < -0.3 is 9.84 Å². The van der Waals surface area contributed by atoms with Gasteiger partial charge >= 0.3 is 0 Å². The quantitative estimate of drug-likeness (QED) is 0.644. The number of isocyanates is 1. The molecule has 4 nitrogen and oxygen atoms in total. The molecule has 0 aromatic heterocycles. The monoisotopic (exact) mass is 233 g/mol. The third kappa shape index (κ3) is 1.81. The maximum Gasteiger partial charge on any atom is 0.235 e. The molecule has 0 unspecified atom stereocenters. The summed E-state index contributed by atoms with van der Waals surface area (Å²) in [6, 6.07) is 3.42. The first-order chi connectivity index (χ1) is 8.13. The molecule has 4 heteroatoms. The average molecular weight is 233 g/mol. The number of ether oxygens (including phenoxy) is 1. The van der Waals surface area contributed by atoms with Crippen molar-refractivity contribution >= 4 is 6.08 Å². The van der Waals surface area contributed by atoms with E-state index in [-0.39, 0.29) is 5.75 Å². The summed E-state index contributed by atoms with van der Waals surface area (Å²) in [5.74, 6) is 0.868. The lowest BCUT2D eigenvalue weighted by Crippen LogP contribution is -2.32. The first kappa shape index (κ1) is 11.7. The molecule has 0 amide bonds. The Morgan fingerprint density at radius 2 is 2.18 bits per heavy atom. The molecule has 0 radical (unpaired) electrons. The minimum absolute atomic E-state index is 0.169. The molecule has 0 bridgehead atoms. The van der Waals surface area contributed by atoms with Crippen LogP contribution in [0.15, 0.2) is 17.1 Å². The molecule has 0 spiro atoms. The van der Waals surface area contributed by atoms with Crippen LogP contribution in [-0.4, -0.2) is 18.3 Å². The molecular weight excluding hydrogens is 218 g/mol. The summed E-state index contributed by atoms with van der Waals surface area (Å²) >= 11 is 0. The number of carbonyl (C=O) groups excluding carboxylic acids is 1. The Hall–Kier alpha value is -1.80. The normalized spacial score (nSPS) is 16.8. The molecule has 1 aromatic rings. The van der Waals surface area contributed by atoms with Gasteiger partial charge in [0.25, 0.3) is 0 Å². The fourth-order valence-corrected chi connectivity index (χ4v) is 2.31. The van der Waals surface area contributed by atoms with Gasteiger partial charge in [-0.2, -0.15) is 4.99 Å². The summed E-state index contributed by atoms with van der Waals surface area (Å²) in [6.07, 6.45) is 4.14. The van der Waals surface area contributed by atoms with Crippen molar-refractivity contribution in [3.8, 4) is 11.5 Å². The van der Waals surface area contributed by atoms with Crippen molar-refractivity contribution in [3.05, 3.63) is 23.3 Å². The van der Waals surface area contributed by atoms with Crippen molar-refractivity contribution in [1.82, 2.24) is 0 Å². The summed E-state index contributed by atoms with van der Waals surface area (Å²) < 4.78 is 5.23. The van der Waals surface area contributed by atoms with Crippen molar-refractivity contribution in [3.63, 3.8) is 0 Å². The van der Waals surface area contributed by atoms with Crippen LogP contribution in [0.1, 0.15) is 30.4 Å². The Balaban J connectivity index is 2.54. The zero-order chi connectivity index (χ0) is 12.5. The van der Waals surface area contributed by atoms with Crippen LogP contribution >= 0.6 is 0 Å². The minimum atomic E-state index is -0.590. The standard InChI is InChI=1S/C13H15NO3/c1-9-6-11(16)10(7-12(9)17-2)13(14-8-15)4-3-5-13/h6-7,16H,3-5H2,1-2H3. The van der Waals surface area contributed by atoms with Gasteiger partial charge in [0, 0.05) is 5.56 Å². The zero-order valence-electron chi connectivity index (χ0n) is 9.99. The molecule has 17 heavy (non-hydrogen) atoms. The molecule has 1 aromatic carbocycles. The van der Waals surface area contributed by atoms with Gasteiger partial charge in [0.2, 0.25) is 6.08 Å². The lowest BCUT2D eigenvalue weighted by molar-refractivity contribution is 0.246. The number of benzene rings is 1. The van der Waals surface area contributed by atoms with Gasteiger partial charge in [0.15, 0.2) is 0 Å². The molecule has 1 saturated carbocycles. The minimum Gasteiger partial charge on any atom is -0.508 e. The van der Waals surface area contributed by atoms with Crippen molar-refractivity contribution in [1.29, 1.82) is 0 Å². The van der Waals surface area contributed by atoms with E-state index in [2.05, 4.69) is 4.99 Å². The third-order valence-electron chi connectivity index (χ3n) is 3.45. The summed E-state index contributed by atoms with van der Waals surface area (Å²) in [4.78, 5) is 14.4. The van der Waals surface area contributed by atoms with E-state index in [0.29, 0.717) is 11.3 Å². The van der Waals surface area contributed by atoms with E-state index in [4.69, 9.17) is 4.74 Å². The van der Waals surface area contributed by atoms with Crippen LogP contribution in [0.4, 0.5) is 0 Å². The number of rotatable bonds is 3. The average Bonchev–Trinajstić information content (AvgIpc) is 2.24. The van der Waals surface area contributed by atoms with Crippen LogP contribution in [0, 0.1) is 6.92 Å². The van der Waals surface area contributed by atoms with Crippen LogP contribution in [0.5, 0.6) is 11.5 Å². The molecule has 0 atom stereocenters. The van der Waals surface area contributed by atoms with Crippen LogP contribution < -0.4 is 4.74 Å². The number of aliphatic imine (C=N–C) groups is 1. The SMILES string of the molecule is COc1cc(C2(N=C=O)CCC2)c(O)cc1C. The lowest BCUT2D eigenvalue weighted by atomic mass is 9.72. The fraction of sp³-hybridized carbons (Fsp3) is 0.462. The number of nitrogens with zero attached hydrogens (tertiary/aromatic N) is 1. The molecular formula is C13H15NO3. The van der Waals surface area contributed by atoms with Crippen molar-refractivity contribution in [2.75, 3.05) is 7.11 Å². The van der Waals surface area contributed by atoms with E-state index in [0.717, 1.165) is 24.8 Å². The fourth-order valence-electron chi connectivity index (χ4n) is 2.31. The van der Waals surface area contributed by atoms with Crippen LogP contribution in [0.3, 0.4) is 0 Å². The van der Waals surface area contributed by atoms with E-state index >= 15 is 0 Å². The van der Waals surface area contributed by atoms with Crippen LogP contribution in [0.25, 0.3) is 0 Å². The van der Waals surface area contributed by atoms with Crippen molar-refractivity contribution in [2.24, 2.45) is 4.99 Å². The van der Waals surface area contributed by atoms with Gasteiger partial charge in [0.05, 0.1) is 7.11 Å². The molecule has 2 rings (SSSR count). The van der Waals surface area contributed by atoms with Gasteiger partial charge in [-0.15, -0.1) is 0 Å². The summed E-state index contributed by atoms with van der Waals surface area (Å²) in [6.45, 7) is 1.86. The second kappa shape index (κ2) is 4.22. The lowest BCUT2D eigenvalue weighted by Gasteiger charge is -2.37. The molecule has 0 aliphatic heterocycles. The van der Waals surface area contributed by atoms with E-state index in [9.17, 15) is 9.90 Å². The highest BCUT2D eigenvalue weighted by molar-refractivity contribution is 5.51. The number of aromatic hydroxyl groups is 1. The predicted molar refractivity (Wildman–Crippen MR) is 63.0 cm³/mol. The second-order valence-electron chi connectivity index (χ2n) is 4.43. The first-order valence-corrected chi connectivity index (χ1v) is 5.60. The predicted octanol–water partition coefficient (Wildman–Crippen LogP) is 2.42. The van der Waals surface area contributed by atoms with Crippen molar-refractivity contribution in [2.45, 2.75) is 31.7 Å². The summed E-state index contributed by atoms with van der Waals surface area (Å²) in [7, 11) is 1.58. The topological polar surface area (TPSA) is 58.9 Å². The Labute approximate surface area is 99.9 Å². The van der Waals surface area contributed by atoms with Crippen LogP contribution in [0.2, 0.25) is 0 Å². The molecule has 0 saturated heterocycles. The Morgan fingerprint density at radius 3 is 2.65 bits per heavy atom. The summed E-state index contributed by atoms with van der Waals surface area (Å²) in [5.41, 5.74) is 0.931. The molecule has 90 valence electrons. The van der Waals surface area contributed by atoms with Crippen molar-refractivity contribution < 1.29 is 14.6 Å². The molecule has 1 aliphatic carbocycles. The van der Waals surface area contributed by atoms with E-state index in [1.54, 1.807) is 25.3 Å². The van der Waals surface area contributed by atoms with E-state index in [1.807, 2.05) is 6.92 Å². The van der Waals surface area contributed by atoms with Gasteiger partial charge in [-0.25, -0.2) is 4.79 Å². The van der Waals surface area contributed by atoms with Gasteiger partial charge in [-0.1, -0.05) is 0 Å². The maximum atomic E-state index is 10.5. The number of phenolic OH excluding ortho intramolecular Hbond substituents is 1. The highest BCUT2D eigenvalue weighted by atomic mass is 16.5. The van der Waals surface area contributed by atoms with Gasteiger partial charge in [-0.05, 0) is 43.9 Å². The molecule has 1 N–H and O–H groups in total. The van der Waals surface area contributed by atoms with Gasteiger partial charge in [0.1, 0.15) is 17.0 Å². The van der Waals surface area contributed by atoms with Gasteiger partial charge in [-0.3, -0.25) is 0 Å². The van der Waals surface area contributed by atoms with E-state index < -0.39 is 5.54 Å². The summed E-state index contributed by atoms with van der Waals surface area (Å²) in [5, 5.41) is 9.99. The maximum absolute atomic E-state index is 10.5. The first-order valence-electron chi connectivity index (χ1n) is 5.60. The molecule has 0 heterocycles. The number of methoxy groups -OCH3 is 1. The van der Waals surface area contributed by atoms with E-state index in [1.165, 1.54) is 0 Å². The number of hydrogen-bond acceptors (Lipinski definition) is 4. The smallest absolute Gasteiger partial charge is 0.235 e. The Bertz CT molecular complexity index is 486. The third-order valence-corrected chi connectivity index (χ3v) is 3.45. The highest BCUT2D eigenvalue weighted by Gasteiger charge is 2.41. The van der Waals surface area contributed by atoms with Crippen LogP contribution in [-0.2, 0) is 10.3 Å². The number of hydrogen-bond donors (Lipinski definition) is 1.